The van der Waals surface area contributed by atoms with E-state index in [9.17, 15) is 4.79 Å². The third-order valence-corrected chi connectivity index (χ3v) is 4.90. The molecule has 0 fully saturated rings. The molecular formula is C20H29N5O. The molecule has 2 heterocycles. The van der Waals surface area contributed by atoms with E-state index in [0.717, 1.165) is 42.0 Å². The normalized spacial score (nSPS) is 19.1. The molecule has 1 amide bonds. The van der Waals surface area contributed by atoms with E-state index in [1.54, 1.807) is 0 Å². The van der Waals surface area contributed by atoms with E-state index in [2.05, 4.69) is 55.1 Å². The smallest absolute Gasteiger partial charge is 0.272 e. The zero-order valence-corrected chi connectivity index (χ0v) is 16.6. The second kappa shape index (κ2) is 6.49. The van der Waals surface area contributed by atoms with Gasteiger partial charge in [-0.1, -0.05) is 41.5 Å². The first-order valence-corrected chi connectivity index (χ1v) is 9.30. The number of nitrogens with one attached hydrogen (secondary N) is 2. The topological polar surface area (TPSA) is 83.6 Å². The van der Waals surface area contributed by atoms with Crippen LogP contribution in [0.2, 0.25) is 0 Å². The van der Waals surface area contributed by atoms with Crippen LogP contribution in [0.15, 0.2) is 12.3 Å². The van der Waals surface area contributed by atoms with Crippen LogP contribution in [0.4, 0.5) is 0 Å². The number of amides is 1. The molecule has 2 aromatic heterocycles. The number of carbonyl (C=O) groups excluding carboxylic acids is 1. The second-order valence-corrected chi connectivity index (χ2v) is 9.05. The molecule has 0 radical (unpaired) electrons. The van der Waals surface area contributed by atoms with Crippen molar-refractivity contribution in [1.82, 2.24) is 25.5 Å². The van der Waals surface area contributed by atoms with Gasteiger partial charge in [0.15, 0.2) is 0 Å². The largest absolute Gasteiger partial charge is 0.344 e. The SMILES string of the molecule is CCc1cc(C(=O)N[C@@H]2CC(C)(C)Cc3nc(C(C)(C)C)ncc32)n[nH]1. The van der Waals surface area contributed by atoms with Crippen molar-refractivity contribution >= 4 is 5.91 Å². The van der Waals surface area contributed by atoms with Gasteiger partial charge in [0.1, 0.15) is 11.5 Å². The van der Waals surface area contributed by atoms with Gasteiger partial charge in [-0.15, -0.1) is 0 Å². The van der Waals surface area contributed by atoms with Crippen molar-refractivity contribution < 1.29 is 4.79 Å². The minimum Gasteiger partial charge on any atom is -0.344 e. The van der Waals surface area contributed by atoms with Gasteiger partial charge in [0, 0.05) is 28.6 Å². The summed E-state index contributed by atoms with van der Waals surface area (Å²) in [5, 5.41) is 10.2. The zero-order valence-electron chi connectivity index (χ0n) is 16.6. The lowest BCUT2D eigenvalue weighted by molar-refractivity contribution is 0.0913. The average Bonchev–Trinajstić information content (AvgIpc) is 3.01. The predicted octanol–water partition coefficient (Wildman–Crippen LogP) is 3.50. The van der Waals surface area contributed by atoms with E-state index >= 15 is 0 Å². The first-order chi connectivity index (χ1) is 12.1. The molecule has 140 valence electrons. The van der Waals surface area contributed by atoms with Crippen molar-refractivity contribution in [2.24, 2.45) is 5.41 Å². The van der Waals surface area contributed by atoms with Crippen molar-refractivity contribution in [3.8, 4) is 0 Å². The number of hydrogen-bond donors (Lipinski definition) is 2. The molecule has 0 saturated carbocycles. The summed E-state index contributed by atoms with van der Waals surface area (Å²) in [6, 6.07) is 1.71. The summed E-state index contributed by atoms with van der Waals surface area (Å²) in [7, 11) is 0. The van der Waals surface area contributed by atoms with Gasteiger partial charge in [0.25, 0.3) is 5.91 Å². The van der Waals surface area contributed by atoms with Crippen LogP contribution >= 0.6 is 0 Å². The van der Waals surface area contributed by atoms with Gasteiger partial charge >= 0.3 is 0 Å². The molecule has 1 atom stereocenters. The Labute approximate surface area is 155 Å². The van der Waals surface area contributed by atoms with Crippen LogP contribution in [0, 0.1) is 5.41 Å². The highest BCUT2D eigenvalue weighted by atomic mass is 16.2. The van der Waals surface area contributed by atoms with Crippen molar-refractivity contribution in [2.75, 3.05) is 0 Å². The van der Waals surface area contributed by atoms with E-state index in [1.807, 2.05) is 19.2 Å². The number of aromatic nitrogens is 4. The summed E-state index contributed by atoms with van der Waals surface area (Å²) in [6.45, 7) is 12.8. The maximum absolute atomic E-state index is 12.7. The fourth-order valence-electron chi connectivity index (χ4n) is 3.43. The molecule has 6 heteroatoms. The molecule has 0 aromatic carbocycles. The van der Waals surface area contributed by atoms with Crippen LogP contribution in [0.3, 0.4) is 0 Å². The lowest BCUT2D eigenvalue weighted by Gasteiger charge is -2.37. The first-order valence-electron chi connectivity index (χ1n) is 9.30. The van der Waals surface area contributed by atoms with Gasteiger partial charge in [-0.2, -0.15) is 5.10 Å². The van der Waals surface area contributed by atoms with Crippen molar-refractivity contribution in [2.45, 2.75) is 72.3 Å². The van der Waals surface area contributed by atoms with Crippen LogP contribution in [0.1, 0.15) is 87.3 Å². The number of fused-ring (bicyclic) bond motifs is 1. The Morgan fingerprint density at radius 2 is 2.12 bits per heavy atom. The Balaban J connectivity index is 1.89. The molecule has 6 nitrogen and oxygen atoms in total. The summed E-state index contributed by atoms with van der Waals surface area (Å²) in [5.74, 6) is 0.688. The molecule has 1 aliphatic carbocycles. The third kappa shape index (κ3) is 3.79. The number of hydrogen-bond acceptors (Lipinski definition) is 4. The molecule has 0 unspecified atom stereocenters. The van der Waals surface area contributed by atoms with Gasteiger partial charge in [0.05, 0.1) is 6.04 Å². The average molecular weight is 355 g/mol. The zero-order chi connectivity index (χ0) is 19.1. The van der Waals surface area contributed by atoms with Crippen LogP contribution in [-0.2, 0) is 18.3 Å². The Morgan fingerprint density at radius 1 is 1.38 bits per heavy atom. The molecule has 0 bridgehead atoms. The molecular weight excluding hydrogens is 326 g/mol. The van der Waals surface area contributed by atoms with Gasteiger partial charge < -0.3 is 5.32 Å². The van der Waals surface area contributed by atoms with Crippen molar-refractivity contribution in [1.29, 1.82) is 0 Å². The maximum Gasteiger partial charge on any atom is 0.272 e. The highest BCUT2D eigenvalue weighted by Crippen LogP contribution is 2.40. The lowest BCUT2D eigenvalue weighted by Crippen LogP contribution is -2.37. The molecule has 26 heavy (non-hydrogen) atoms. The van der Waals surface area contributed by atoms with Gasteiger partial charge in [0.2, 0.25) is 0 Å². The summed E-state index contributed by atoms with van der Waals surface area (Å²) >= 11 is 0. The number of rotatable bonds is 3. The van der Waals surface area contributed by atoms with Crippen LogP contribution < -0.4 is 5.32 Å². The minimum atomic E-state index is -0.158. The number of H-pyrrole nitrogens is 1. The molecule has 0 aliphatic heterocycles. The minimum absolute atomic E-state index is 0.0641. The fourth-order valence-corrected chi connectivity index (χ4v) is 3.43. The second-order valence-electron chi connectivity index (χ2n) is 9.05. The standard InChI is InChI=1S/C20H29N5O/c1-7-12-8-14(25-24-12)17(26)22-15-9-20(5,6)10-16-13(15)11-21-18(23-16)19(2,3)4/h8,11,15H,7,9-10H2,1-6H3,(H,22,26)(H,24,25)/t15-/m1/s1. The highest BCUT2D eigenvalue weighted by molar-refractivity contribution is 5.92. The maximum atomic E-state index is 12.7. The fraction of sp³-hybridized carbons (Fsp3) is 0.600. The molecule has 2 N–H and O–H groups in total. The van der Waals surface area contributed by atoms with E-state index < -0.39 is 0 Å². The summed E-state index contributed by atoms with van der Waals surface area (Å²) in [6.07, 6.45) is 4.46. The molecule has 1 aliphatic rings. The number of nitrogens with zero attached hydrogens (tertiary/aromatic N) is 3. The Kier molecular flexibility index (Phi) is 4.63. The molecule has 0 saturated heterocycles. The Hall–Kier alpha value is -2.24. The van der Waals surface area contributed by atoms with Crippen LogP contribution in [-0.4, -0.2) is 26.1 Å². The van der Waals surface area contributed by atoms with Crippen LogP contribution in [0.5, 0.6) is 0 Å². The monoisotopic (exact) mass is 355 g/mol. The Morgan fingerprint density at radius 3 is 2.73 bits per heavy atom. The number of aryl methyl sites for hydroxylation is 1. The molecule has 2 aromatic rings. The lowest BCUT2D eigenvalue weighted by atomic mass is 9.74. The molecule has 3 rings (SSSR count). The first kappa shape index (κ1) is 18.5. The Bertz CT molecular complexity index is 816. The quantitative estimate of drug-likeness (QED) is 0.882. The highest BCUT2D eigenvalue weighted by Gasteiger charge is 2.35. The third-order valence-electron chi connectivity index (χ3n) is 4.90. The van der Waals surface area contributed by atoms with Gasteiger partial charge in [-0.25, -0.2) is 9.97 Å². The molecule has 0 spiro atoms. The van der Waals surface area contributed by atoms with Gasteiger partial charge in [-0.3, -0.25) is 9.89 Å². The van der Waals surface area contributed by atoms with Crippen molar-refractivity contribution in [3.63, 3.8) is 0 Å². The summed E-state index contributed by atoms with van der Waals surface area (Å²) in [5.41, 5.74) is 3.42. The summed E-state index contributed by atoms with van der Waals surface area (Å²) < 4.78 is 0. The summed E-state index contributed by atoms with van der Waals surface area (Å²) in [4.78, 5) is 22.1. The van der Waals surface area contributed by atoms with E-state index in [-0.39, 0.29) is 22.8 Å². The van der Waals surface area contributed by atoms with Crippen LogP contribution in [0.25, 0.3) is 0 Å². The van der Waals surface area contributed by atoms with E-state index in [4.69, 9.17) is 4.98 Å². The van der Waals surface area contributed by atoms with E-state index in [1.165, 1.54) is 0 Å². The van der Waals surface area contributed by atoms with Crippen molar-refractivity contribution in [3.05, 3.63) is 40.7 Å². The van der Waals surface area contributed by atoms with E-state index in [0.29, 0.717) is 5.69 Å². The number of aromatic amines is 1. The van der Waals surface area contributed by atoms with Gasteiger partial charge in [-0.05, 0) is 30.7 Å². The predicted molar refractivity (Wildman–Crippen MR) is 101 cm³/mol. The number of carbonyl (C=O) groups is 1.